The van der Waals surface area contributed by atoms with Crippen molar-refractivity contribution in [3.63, 3.8) is 0 Å². The van der Waals surface area contributed by atoms with E-state index in [0.717, 1.165) is 90.9 Å². The molecule has 74 heavy (non-hydrogen) atoms. The molecule has 0 spiro atoms. The minimum Gasteiger partial charge on any atom is -0.478 e. The fraction of sp³-hybridized carbons (Fsp3) is 0.188. The second kappa shape index (κ2) is 23.2. The minimum atomic E-state index is -0.924. The fourth-order valence-electron chi connectivity index (χ4n) is 10.1. The van der Waals surface area contributed by atoms with Gasteiger partial charge in [-0.2, -0.15) is 0 Å². The summed E-state index contributed by atoms with van der Waals surface area (Å²) in [5, 5.41) is 15.5. The summed E-state index contributed by atoms with van der Waals surface area (Å²) in [4.78, 5) is 53.5. The van der Waals surface area contributed by atoms with Gasteiger partial charge in [-0.1, -0.05) is 133 Å². The van der Waals surface area contributed by atoms with Crippen molar-refractivity contribution in [3.8, 4) is 22.3 Å². The Hall–Kier alpha value is -8.76. The third-order valence-corrected chi connectivity index (χ3v) is 14.1. The molecule has 0 saturated heterocycles. The molecule has 0 radical (unpaired) electrons. The Balaban J connectivity index is 0.000000182. The second-order valence-electron chi connectivity index (χ2n) is 19.1. The maximum atomic E-state index is 13.0. The standard InChI is InChI=1S/C32H31N3O2.C32H30N2O3/c1-22(23-8-3-2-4-9-23)34-32(37)27-17-18-30-26(20-27)11-7-19-35(30)21-28-10-5-6-12-29(28)24-13-15-25(16-14-24)31(33)36;1-22(23-8-3-2-4-9-23)33-31(35)27-17-18-30-26(20-27)11-7-19-34(30)21-28-10-5-6-12-29(28)24-13-15-25(16-14-24)32(36)37/h2-6,8-10,12-18,20,22H,7,11,19,21H2,1H3,(H2,33,36)(H,34,37);2-6,8-10,12-18,20,22H,7,11,19,21H2,1H3,(H,33,35)(H,36,37)/t2*22-/m00/s1. The molecular formula is C64H61N5O5. The average molecular weight is 980 g/mol. The molecule has 10 heteroatoms. The quantitative estimate of drug-likeness (QED) is 0.0849. The number of anilines is 2. The molecule has 372 valence electrons. The Kier molecular flexibility index (Phi) is 15.7. The van der Waals surface area contributed by atoms with E-state index in [9.17, 15) is 24.3 Å². The molecule has 0 unspecified atom stereocenters. The van der Waals surface area contributed by atoms with Crippen molar-refractivity contribution in [2.24, 2.45) is 5.73 Å². The number of nitrogens with zero attached hydrogens (tertiary/aromatic N) is 2. The number of carboxylic acid groups (broad SMARTS) is 1. The highest BCUT2D eigenvalue weighted by atomic mass is 16.4. The Morgan fingerprint density at radius 2 is 0.865 bits per heavy atom. The molecule has 0 aliphatic carbocycles. The van der Waals surface area contributed by atoms with Crippen LogP contribution >= 0.6 is 0 Å². The van der Waals surface area contributed by atoms with E-state index in [2.05, 4.69) is 62.9 Å². The first-order valence-electron chi connectivity index (χ1n) is 25.4. The lowest BCUT2D eigenvalue weighted by Crippen LogP contribution is -2.30. The molecule has 2 aliphatic heterocycles. The van der Waals surface area contributed by atoms with E-state index >= 15 is 0 Å². The molecule has 8 aromatic rings. The smallest absolute Gasteiger partial charge is 0.335 e. The van der Waals surface area contributed by atoms with Crippen molar-refractivity contribution in [1.29, 1.82) is 0 Å². The van der Waals surface area contributed by atoms with Crippen molar-refractivity contribution in [3.05, 3.63) is 250 Å². The monoisotopic (exact) mass is 979 g/mol. The van der Waals surface area contributed by atoms with Crippen LogP contribution in [-0.2, 0) is 25.9 Å². The summed E-state index contributed by atoms with van der Waals surface area (Å²) in [7, 11) is 0. The zero-order chi connectivity index (χ0) is 51.6. The Bertz CT molecular complexity index is 3050. The summed E-state index contributed by atoms with van der Waals surface area (Å²) in [6.45, 7) is 7.40. The van der Waals surface area contributed by atoms with Crippen LogP contribution in [-0.4, -0.2) is 41.9 Å². The van der Waals surface area contributed by atoms with Gasteiger partial charge in [0.05, 0.1) is 17.6 Å². The number of hydrogen-bond acceptors (Lipinski definition) is 6. The van der Waals surface area contributed by atoms with Gasteiger partial charge in [-0.15, -0.1) is 0 Å². The molecule has 10 rings (SSSR count). The first-order chi connectivity index (χ1) is 36.0. The van der Waals surface area contributed by atoms with Crippen LogP contribution in [0.5, 0.6) is 0 Å². The average Bonchev–Trinajstić information content (AvgIpc) is 3.44. The summed E-state index contributed by atoms with van der Waals surface area (Å²) in [6, 6.07) is 63.0. The summed E-state index contributed by atoms with van der Waals surface area (Å²) >= 11 is 0. The Morgan fingerprint density at radius 1 is 0.486 bits per heavy atom. The topological polar surface area (TPSA) is 145 Å². The molecule has 0 saturated carbocycles. The number of nitrogens with two attached hydrogens (primary N) is 1. The van der Waals surface area contributed by atoms with Gasteiger partial charge in [0.15, 0.2) is 0 Å². The van der Waals surface area contributed by atoms with Gasteiger partial charge >= 0.3 is 5.97 Å². The number of amides is 3. The van der Waals surface area contributed by atoms with Gasteiger partial charge in [0.1, 0.15) is 0 Å². The van der Waals surface area contributed by atoms with E-state index in [0.29, 0.717) is 16.7 Å². The number of nitrogens with one attached hydrogen (secondary N) is 2. The van der Waals surface area contributed by atoms with Crippen LogP contribution in [0.3, 0.4) is 0 Å². The fourth-order valence-corrected chi connectivity index (χ4v) is 10.1. The van der Waals surface area contributed by atoms with Crippen LogP contribution in [0.15, 0.2) is 194 Å². The maximum absolute atomic E-state index is 13.0. The van der Waals surface area contributed by atoms with E-state index in [4.69, 9.17) is 5.73 Å². The first-order valence-corrected chi connectivity index (χ1v) is 25.4. The van der Waals surface area contributed by atoms with Gasteiger partial charge in [0, 0.05) is 54.2 Å². The maximum Gasteiger partial charge on any atom is 0.335 e. The third kappa shape index (κ3) is 11.9. The van der Waals surface area contributed by atoms with Gasteiger partial charge in [0.2, 0.25) is 5.91 Å². The predicted molar refractivity (Wildman–Crippen MR) is 296 cm³/mol. The van der Waals surface area contributed by atoms with Crippen molar-refractivity contribution in [2.75, 3.05) is 22.9 Å². The lowest BCUT2D eigenvalue weighted by Gasteiger charge is -2.32. The third-order valence-electron chi connectivity index (χ3n) is 14.1. The van der Waals surface area contributed by atoms with Gasteiger partial charge in [-0.3, -0.25) is 14.4 Å². The minimum absolute atomic E-state index is 0.0546. The van der Waals surface area contributed by atoms with Crippen LogP contribution in [0.4, 0.5) is 11.4 Å². The summed E-state index contributed by atoms with van der Waals surface area (Å²) in [6.07, 6.45) is 3.96. The number of aryl methyl sites for hydroxylation is 2. The first kappa shape index (κ1) is 50.2. The lowest BCUT2D eigenvalue weighted by molar-refractivity contribution is 0.0696. The van der Waals surface area contributed by atoms with E-state index in [1.54, 1.807) is 24.3 Å². The van der Waals surface area contributed by atoms with Gasteiger partial charge in [0.25, 0.3) is 11.8 Å². The molecular weight excluding hydrogens is 919 g/mol. The highest BCUT2D eigenvalue weighted by molar-refractivity contribution is 5.96. The van der Waals surface area contributed by atoms with Gasteiger partial charge < -0.3 is 31.3 Å². The molecule has 2 heterocycles. The van der Waals surface area contributed by atoms with Crippen LogP contribution in [0.1, 0.15) is 114 Å². The molecule has 10 nitrogen and oxygen atoms in total. The summed E-state index contributed by atoms with van der Waals surface area (Å²) in [5.41, 5.74) is 21.1. The normalized spacial score (nSPS) is 13.5. The van der Waals surface area contributed by atoms with Crippen LogP contribution in [0, 0.1) is 0 Å². The van der Waals surface area contributed by atoms with Crippen molar-refractivity contribution in [1.82, 2.24) is 10.6 Å². The highest BCUT2D eigenvalue weighted by Gasteiger charge is 2.23. The molecule has 5 N–H and O–H groups in total. The number of rotatable bonds is 14. The molecule has 2 atom stereocenters. The summed E-state index contributed by atoms with van der Waals surface area (Å²) in [5.74, 6) is -1.47. The molecule has 0 aromatic heterocycles. The van der Waals surface area contributed by atoms with E-state index < -0.39 is 11.9 Å². The molecule has 0 bridgehead atoms. The number of benzene rings is 8. The largest absolute Gasteiger partial charge is 0.478 e. The number of carboxylic acids is 1. The number of hydrogen-bond donors (Lipinski definition) is 4. The SMILES string of the molecule is C[C@H](NC(=O)c1ccc2c(c1)CCCN2Cc1ccccc1-c1ccc(C(=O)O)cc1)c1ccccc1.C[C@H](NC(=O)c1ccc2c(c1)CCCN2Cc1ccccc1-c1ccc(C(N)=O)cc1)c1ccccc1. The second-order valence-corrected chi connectivity index (χ2v) is 19.1. The number of fused-ring (bicyclic) bond motifs is 2. The zero-order valence-corrected chi connectivity index (χ0v) is 41.8. The van der Waals surface area contributed by atoms with Crippen molar-refractivity contribution >= 4 is 35.1 Å². The van der Waals surface area contributed by atoms with E-state index in [-0.39, 0.29) is 29.5 Å². The van der Waals surface area contributed by atoms with E-state index in [1.165, 1.54) is 27.9 Å². The Labute approximate surface area is 433 Å². The van der Waals surface area contributed by atoms with Gasteiger partial charge in [-0.25, -0.2) is 4.79 Å². The molecule has 2 aliphatic rings. The van der Waals surface area contributed by atoms with Crippen LogP contribution in [0.2, 0.25) is 0 Å². The molecule has 3 amide bonds. The number of carbonyl (C=O) groups excluding carboxylic acids is 3. The zero-order valence-electron chi connectivity index (χ0n) is 41.8. The highest BCUT2D eigenvalue weighted by Crippen LogP contribution is 2.34. The van der Waals surface area contributed by atoms with Gasteiger partial charge in [-0.05, 0) is 156 Å². The van der Waals surface area contributed by atoms with Crippen molar-refractivity contribution < 1.29 is 24.3 Å². The van der Waals surface area contributed by atoms with Crippen LogP contribution < -0.4 is 26.2 Å². The number of carbonyl (C=O) groups is 4. The lowest BCUT2D eigenvalue weighted by atomic mass is 9.95. The predicted octanol–water partition coefficient (Wildman–Crippen LogP) is 12.4. The summed E-state index contributed by atoms with van der Waals surface area (Å²) < 4.78 is 0. The molecule has 8 aromatic carbocycles. The molecule has 0 fully saturated rings. The number of primary amides is 1. The van der Waals surface area contributed by atoms with Crippen molar-refractivity contribution in [2.45, 2.75) is 64.7 Å². The number of aromatic carboxylic acids is 1. The Morgan fingerprint density at radius 3 is 1.27 bits per heavy atom. The van der Waals surface area contributed by atoms with E-state index in [1.807, 2.05) is 141 Å². The van der Waals surface area contributed by atoms with Crippen LogP contribution in [0.25, 0.3) is 22.3 Å².